The molecule has 0 saturated heterocycles. The Morgan fingerprint density at radius 3 is 2.02 bits per heavy atom. The summed E-state index contributed by atoms with van der Waals surface area (Å²) in [6, 6.07) is 2.45. The first-order chi connectivity index (χ1) is 21.2. The monoisotopic (exact) mass is 668 g/mol. The highest BCUT2D eigenvalue weighted by molar-refractivity contribution is 6.74. The van der Waals surface area contributed by atoms with E-state index in [2.05, 4.69) is 113 Å². The average molecular weight is 668 g/mol. The molecule has 262 valence electrons. The van der Waals surface area contributed by atoms with Gasteiger partial charge in [-0.1, -0.05) is 111 Å². The van der Waals surface area contributed by atoms with Crippen molar-refractivity contribution in [1.82, 2.24) is 0 Å². The number of nitrogens with zero attached hydrogens (tertiary/aromatic N) is 1. The van der Waals surface area contributed by atoms with Gasteiger partial charge in [0.1, 0.15) is 0 Å². The summed E-state index contributed by atoms with van der Waals surface area (Å²) in [7, 11) is -3.96. The second kappa shape index (κ2) is 15.3. The Morgan fingerprint density at radius 2 is 1.52 bits per heavy atom. The highest BCUT2D eigenvalue weighted by Crippen LogP contribution is 2.60. The minimum atomic E-state index is -1.98. The van der Waals surface area contributed by atoms with Crippen LogP contribution in [-0.2, 0) is 8.85 Å². The number of nitriles is 1. The maximum absolute atomic E-state index is 9.38. The molecular weight excluding hydrogens is 595 g/mol. The van der Waals surface area contributed by atoms with E-state index in [0.29, 0.717) is 29.6 Å². The molecule has 0 aliphatic heterocycles. The predicted molar refractivity (Wildman–Crippen MR) is 204 cm³/mol. The number of unbranched alkanes of at least 4 members (excludes halogenated alkanes) is 1. The van der Waals surface area contributed by atoms with Gasteiger partial charge in [-0.2, -0.15) is 5.26 Å². The molecule has 0 spiro atoms. The van der Waals surface area contributed by atoms with Crippen LogP contribution in [0, 0.1) is 40.4 Å². The SMILES string of the molecule is C=C1[C@H](O[Si](C)(C)C(C)(C)C)CC(=C/C=C2\CCC[C@]3(C)[C@@H]([C@H](C)[C@H](CCC#N)CCCC)CC[C@@H]23)C[C@H]1O[Si](C)(C)C(C)(C)C. The summed E-state index contributed by atoms with van der Waals surface area (Å²) in [5, 5.41) is 9.68. The molecule has 0 heterocycles. The van der Waals surface area contributed by atoms with Crippen molar-refractivity contribution >= 4 is 16.6 Å². The van der Waals surface area contributed by atoms with Crippen molar-refractivity contribution in [2.24, 2.45) is 29.1 Å². The standard InChI is InChI=1S/C41H73NO2Si2/c1-15-16-19-33(21-18-27-42)30(2)35-24-25-36-34(20-17-26-41(35,36)10)23-22-32-28-37(43-45(11,12)39(4,5)6)31(3)38(29-32)44-46(13,14)40(7,8)9/h22-23,30,33,35-38H,3,15-21,24-26,28-29H2,1-2,4-14H3/b34-23+/t30-,33+,35-,36+,37-,38-,41-/m1/s1. The van der Waals surface area contributed by atoms with Crippen LogP contribution in [0.2, 0.25) is 36.3 Å². The van der Waals surface area contributed by atoms with Crippen molar-refractivity contribution in [3.05, 3.63) is 35.5 Å². The van der Waals surface area contributed by atoms with Crippen LogP contribution in [0.4, 0.5) is 0 Å². The van der Waals surface area contributed by atoms with Crippen LogP contribution in [-0.4, -0.2) is 28.8 Å². The van der Waals surface area contributed by atoms with Crippen LogP contribution >= 0.6 is 0 Å². The zero-order chi connectivity index (χ0) is 34.7. The molecule has 0 aromatic heterocycles. The molecule has 3 saturated carbocycles. The van der Waals surface area contributed by atoms with E-state index in [1.807, 2.05) is 0 Å². The molecule has 0 radical (unpaired) electrons. The highest BCUT2D eigenvalue weighted by atomic mass is 28.4. The van der Waals surface area contributed by atoms with Gasteiger partial charge >= 0.3 is 0 Å². The Morgan fingerprint density at radius 1 is 0.957 bits per heavy atom. The molecule has 0 aromatic rings. The lowest BCUT2D eigenvalue weighted by Crippen LogP contribution is -2.49. The van der Waals surface area contributed by atoms with Crippen molar-refractivity contribution in [2.45, 2.75) is 188 Å². The van der Waals surface area contributed by atoms with Gasteiger partial charge in [0.05, 0.1) is 18.3 Å². The fraction of sp³-hybridized carbons (Fsp3) is 0.829. The normalized spacial score (nSPS) is 30.2. The third-order valence-corrected chi connectivity index (χ3v) is 22.7. The van der Waals surface area contributed by atoms with Crippen LogP contribution in [0.1, 0.15) is 139 Å². The van der Waals surface area contributed by atoms with E-state index in [-0.39, 0.29) is 22.3 Å². The Hall–Kier alpha value is -0.936. The molecule has 3 nitrogen and oxygen atoms in total. The summed E-state index contributed by atoms with van der Waals surface area (Å²) >= 11 is 0. The maximum atomic E-state index is 9.38. The Labute approximate surface area is 288 Å². The number of fused-ring (bicyclic) bond motifs is 1. The van der Waals surface area contributed by atoms with E-state index in [1.165, 1.54) is 56.9 Å². The first-order valence-electron chi connectivity index (χ1n) is 19.0. The average Bonchev–Trinajstić information content (AvgIpc) is 3.30. The van der Waals surface area contributed by atoms with Crippen molar-refractivity contribution < 1.29 is 8.85 Å². The first kappa shape index (κ1) is 39.5. The zero-order valence-corrected chi connectivity index (χ0v) is 34.6. The van der Waals surface area contributed by atoms with Crippen LogP contribution in [0.5, 0.6) is 0 Å². The molecule has 46 heavy (non-hydrogen) atoms. The van der Waals surface area contributed by atoms with Gasteiger partial charge in [-0.25, -0.2) is 0 Å². The molecule has 7 atom stereocenters. The van der Waals surface area contributed by atoms with Crippen molar-refractivity contribution in [1.29, 1.82) is 5.26 Å². The molecule has 3 fully saturated rings. The quantitative estimate of drug-likeness (QED) is 0.154. The zero-order valence-electron chi connectivity index (χ0n) is 32.6. The smallest absolute Gasteiger partial charge is 0.192 e. The van der Waals surface area contributed by atoms with Crippen molar-refractivity contribution in [2.75, 3.05) is 0 Å². The van der Waals surface area contributed by atoms with Gasteiger partial charge in [0.25, 0.3) is 0 Å². The third-order valence-electron chi connectivity index (χ3n) is 13.7. The fourth-order valence-corrected chi connectivity index (χ4v) is 11.1. The largest absolute Gasteiger partial charge is 0.410 e. The number of hydrogen-bond donors (Lipinski definition) is 0. The van der Waals surface area contributed by atoms with Crippen LogP contribution in [0.25, 0.3) is 0 Å². The molecule has 5 heteroatoms. The minimum absolute atomic E-state index is 0.0239. The van der Waals surface area contributed by atoms with E-state index in [9.17, 15) is 5.26 Å². The Bertz CT molecular complexity index is 1100. The van der Waals surface area contributed by atoms with Crippen molar-refractivity contribution in [3.8, 4) is 6.07 Å². The second-order valence-corrected chi connectivity index (χ2v) is 28.3. The summed E-state index contributed by atoms with van der Waals surface area (Å²) in [6.45, 7) is 35.6. The molecule has 0 aromatic carbocycles. The summed E-state index contributed by atoms with van der Waals surface area (Å²) in [6.07, 6.45) is 19.1. The van der Waals surface area contributed by atoms with Gasteiger partial charge in [-0.3, -0.25) is 0 Å². The minimum Gasteiger partial charge on any atom is -0.410 e. The van der Waals surface area contributed by atoms with Crippen molar-refractivity contribution in [3.63, 3.8) is 0 Å². The Balaban J connectivity index is 1.90. The predicted octanol–water partition coefficient (Wildman–Crippen LogP) is 12.9. The molecule has 3 aliphatic carbocycles. The molecular formula is C41H73NO2Si2. The van der Waals surface area contributed by atoms with E-state index in [0.717, 1.165) is 30.8 Å². The lowest BCUT2D eigenvalue weighted by atomic mass is 9.59. The van der Waals surface area contributed by atoms with Gasteiger partial charge in [-0.05, 0) is 122 Å². The van der Waals surface area contributed by atoms with E-state index in [1.54, 1.807) is 5.57 Å². The highest BCUT2D eigenvalue weighted by Gasteiger charge is 2.52. The topological polar surface area (TPSA) is 42.2 Å². The Kier molecular flexibility index (Phi) is 13.1. The maximum Gasteiger partial charge on any atom is 0.192 e. The molecule has 0 amide bonds. The van der Waals surface area contributed by atoms with Gasteiger partial charge in [0.2, 0.25) is 0 Å². The first-order valence-corrected chi connectivity index (χ1v) is 24.8. The molecule has 0 N–H and O–H groups in total. The molecule has 3 rings (SSSR count). The molecule has 3 aliphatic rings. The van der Waals surface area contributed by atoms with Crippen LogP contribution in [0.3, 0.4) is 0 Å². The summed E-state index contributed by atoms with van der Waals surface area (Å²) in [4.78, 5) is 0. The van der Waals surface area contributed by atoms with Gasteiger partial charge in [-0.15, -0.1) is 0 Å². The summed E-state index contributed by atoms with van der Waals surface area (Å²) < 4.78 is 14.2. The van der Waals surface area contributed by atoms with Crippen LogP contribution < -0.4 is 0 Å². The lowest BCUT2D eigenvalue weighted by Gasteiger charge is -2.46. The van der Waals surface area contributed by atoms with E-state index >= 15 is 0 Å². The number of rotatable bonds is 12. The summed E-state index contributed by atoms with van der Waals surface area (Å²) in [5.41, 5.74) is 4.69. The van der Waals surface area contributed by atoms with Gasteiger partial charge in [0, 0.05) is 6.42 Å². The molecule has 0 bridgehead atoms. The van der Waals surface area contributed by atoms with Gasteiger partial charge in [0.15, 0.2) is 16.6 Å². The van der Waals surface area contributed by atoms with Crippen LogP contribution in [0.15, 0.2) is 35.5 Å². The second-order valence-electron chi connectivity index (χ2n) is 18.8. The summed E-state index contributed by atoms with van der Waals surface area (Å²) in [5.74, 6) is 2.82. The molecule has 0 unspecified atom stereocenters. The third kappa shape index (κ3) is 8.99. The fourth-order valence-electron chi connectivity index (χ4n) is 8.55. The van der Waals surface area contributed by atoms with E-state index < -0.39 is 16.6 Å². The van der Waals surface area contributed by atoms with Gasteiger partial charge < -0.3 is 8.85 Å². The lowest BCUT2D eigenvalue weighted by molar-refractivity contribution is 0.0674. The number of hydrogen-bond acceptors (Lipinski definition) is 3. The number of allylic oxidation sites excluding steroid dienone is 3. The van der Waals surface area contributed by atoms with E-state index in [4.69, 9.17) is 8.85 Å².